The lowest BCUT2D eigenvalue weighted by Gasteiger charge is -2.12. The summed E-state index contributed by atoms with van der Waals surface area (Å²) in [7, 11) is 1.27. The normalized spacial score (nSPS) is 9.58. The van der Waals surface area contributed by atoms with Crippen LogP contribution in [0.2, 0.25) is 0 Å². The average molecular weight is 266 g/mol. The predicted octanol–water partition coefficient (Wildman–Crippen LogP) is 1.13. The zero-order valence-electron chi connectivity index (χ0n) is 10.7. The standard InChI is InChI=1S/C13H14O6/c1-9-3-12(13(16)17-2)11(6-19-8-15)4-10(9)5-18-7-14/h3-4,7-8H,5-6H2,1-2H3. The maximum absolute atomic E-state index is 11.6. The third-order valence-electron chi connectivity index (χ3n) is 2.58. The van der Waals surface area contributed by atoms with Gasteiger partial charge in [-0.05, 0) is 30.2 Å². The van der Waals surface area contributed by atoms with Crippen LogP contribution in [0.25, 0.3) is 0 Å². The summed E-state index contributed by atoms with van der Waals surface area (Å²) in [6, 6.07) is 3.26. The van der Waals surface area contributed by atoms with Crippen LogP contribution < -0.4 is 0 Å². The van der Waals surface area contributed by atoms with Crippen LogP contribution in [0.4, 0.5) is 0 Å². The Labute approximate surface area is 110 Å². The van der Waals surface area contributed by atoms with E-state index in [0.717, 1.165) is 11.1 Å². The molecule has 1 aromatic carbocycles. The van der Waals surface area contributed by atoms with Gasteiger partial charge < -0.3 is 14.2 Å². The third kappa shape index (κ3) is 3.80. The fourth-order valence-corrected chi connectivity index (χ4v) is 1.63. The molecule has 0 amide bonds. The molecule has 0 aliphatic heterocycles. The molecular weight excluding hydrogens is 252 g/mol. The fraction of sp³-hybridized carbons (Fsp3) is 0.308. The Bertz CT molecular complexity index is 480. The Balaban J connectivity index is 3.15. The van der Waals surface area contributed by atoms with E-state index in [1.165, 1.54) is 7.11 Å². The molecule has 0 radical (unpaired) electrons. The molecule has 1 aromatic rings. The number of benzene rings is 1. The van der Waals surface area contributed by atoms with Gasteiger partial charge in [0.1, 0.15) is 13.2 Å². The second kappa shape index (κ2) is 7.15. The van der Waals surface area contributed by atoms with Crippen molar-refractivity contribution in [2.24, 2.45) is 0 Å². The Morgan fingerprint density at radius 1 is 1.11 bits per heavy atom. The summed E-state index contributed by atoms with van der Waals surface area (Å²) < 4.78 is 14.0. The van der Waals surface area contributed by atoms with Gasteiger partial charge >= 0.3 is 5.97 Å². The topological polar surface area (TPSA) is 78.9 Å². The van der Waals surface area contributed by atoms with Crippen molar-refractivity contribution >= 4 is 18.9 Å². The molecular formula is C13H14O6. The highest BCUT2D eigenvalue weighted by Gasteiger charge is 2.15. The van der Waals surface area contributed by atoms with Gasteiger partial charge in [0.25, 0.3) is 12.9 Å². The molecule has 0 bridgehead atoms. The van der Waals surface area contributed by atoms with Gasteiger partial charge in [-0.25, -0.2) is 4.79 Å². The van der Waals surface area contributed by atoms with Gasteiger partial charge in [0.2, 0.25) is 0 Å². The molecule has 0 aliphatic carbocycles. The quantitative estimate of drug-likeness (QED) is 0.418. The lowest BCUT2D eigenvalue weighted by atomic mass is 10.00. The first kappa shape index (κ1) is 14.7. The summed E-state index contributed by atoms with van der Waals surface area (Å²) in [5.41, 5.74) is 2.31. The highest BCUT2D eigenvalue weighted by Crippen LogP contribution is 2.19. The highest BCUT2D eigenvalue weighted by atomic mass is 16.5. The van der Waals surface area contributed by atoms with Gasteiger partial charge in [0, 0.05) is 5.56 Å². The average Bonchev–Trinajstić information content (AvgIpc) is 2.43. The van der Waals surface area contributed by atoms with Crippen LogP contribution in [0.15, 0.2) is 12.1 Å². The summed E-state index contributed by atoms with van der Waals surface area (Å²) in [5.74, 6) is -0.518. The first-order valence-corrected chi connectivity index (χ1v) is 5.45. The molecule has 0 spiro atoms. The Morgan fingerprint density at radius 3 is 2.21 bits per heavy atom. The predicted molar refractivity (Wildman–Crippen MR) is 64.2 cm³/mol. The van der Waals surface area contributed by atoms with E-state index in [0.29, 0.717) is 24.1 Å². The van der Waals surface area contributed by atoms with Crippen molar-refractivity contribution < 1.29 is 28.6 Å². The Hall–Kier alpha value is -2.37. The van der Waals surface area contributed by atoms with Crippen molar-refractivity contribution in [1.82, 2.24) is 0 Å². The van der Waals surface area contributed by atoms with E-state index < -0.39 is 5.97 Å². The van der Waals surface area contributed by atoms with Crippen molar-refractivity contribution in [2.45, 2.75) is 20.1 Å². The number of methoxy groups -OCH3 is 1. The maximum Gasteiger partial charge on any atom is 0.338 e. The monoisotopic (exact) mass is 266 g/mol. The van der Waals surface area contributed by atoms with Crippen molar-refractivity contribution in [1.29, 1.82) is 0 Å². The molecule has 0 heterocycles. The minimum atomic E-state index is -0.518. The summed E-state index contributed by atoms with van der Waals surface area (Å²) in [6.45, 7) is 2.45. The molecule has 102 valence electrons. The number of aryl methyl sites for hydroxylation is 1. The molecule has 0 aromatic heterocycles. The summed E-state index contributed by atoms with van der Waals surface area (Å²) in [6.07, 6.45) is 0. The van der Waals surface area contributed by atoms with E-state index in [9.17, 15) is 14.4 Å². The Kier molecular flexibility index (Phi) is 5.53. The lowest BCUT2D eigenvalue weighted by Crippen LogP contribution is -2.09. The van der Waals surface area contributed by atoms with Gasteiger partial charge in [-0.3, -0.25) is 9.59 Å². The van der Waals surface area contributed by atoms with Crippen molar-refractivity contribution in [3.05, 3.63) is 34.4 Å². The number of rotatable bonds is 7. The fourth-order valence-electron chi connectivity index (χ4n) is 1.63. The summed E-state index contributed by atoms with van der Waals surface area (Å²) in [4.78, 5) is 32.1. The van der Waals surface area contributed by atoms with Crippen LogP contribution in [0.1, 0.15) is 27.0 Å². The molecule has 0 fully saturated rings. The molecule has 0 aliphatic rings. The van der Waals surface area contributed by atoms with Gasteiger partial charge in [-0.1, -0.05) is 0 Å². The van der Waals surface area contributed by atoms with Crippen LogP contribution in [0.5, 0.6) is 0 Å². The molecule has 6 heteroatoms. The molecule has 19 heavy (non-hydrogen) atoms. The van der Waals surface area contributed by atoms with Gasteiger partial charge in [0.05, 0.1) is 12.7 Å². The van der Waals surface area contributed by atoms with Crippen molar-refractivity contribution in [3.8, 4) is 0 Å². The number of hydrogen-bond acceptors (Lipinski definition) is 6. The molecule has 0 atom stereocenters. The maximum atomic E-state index is 11.6. The smallest absolute Gasteiger partial charge is 0.338 e. The zero-order chi connectivity index (χ0) is 14.3. The van der Waals surface area contributed by atoms with Crippen LogP contribution in [0, 0.1) is 6.92 Å². The van der Waals surface area contributed by atoms with E-state index in [1.54, 1.807) is 19.1 Å². The number of ether oxygens (including phenoxy) is 3. The highest BCUT2D eigenvalue weighted by molar-refractivity contribution is 5.91. The SMILES string of the molecule is COC(=O)c1cc(C)c(COC=O)cc1COC=O. The van der Waals surface area contributed by atoms with Crippen LogP contribution in [-0.2, 0) is 37.0 Å². The van der Waals surface area contributed by atoms with Gasteiger partial charge in [-0.2, -0.15) is 0 Å². The molecule has 0 saturated heterocycles. The van der Waals surface area contributed by atoms with Crippen molar-refractivity contribution in [2.75, 3.05) is 7.11 Å². The number of carbonyl (C=O) groups excluding carboxylic acids is 3. The number of carbonyl (C=O) groups is 3. The molecule has 1 rings (SSSR count). The second-order valence-electron chi connectivity index (χ2n) is 3.74. The van der Waals surface area contributed by atoms with Gasteiger partial charge in [-0.15, -0.1) is 0 Å². The van der Waals surface area contributed by atoms with E-state index in [4.69, 9.17) is 0 Å². The largest absolute Gasteiger partial charge is 0.465 e. The molecule has 0 unspecified atom stereocenters. The van der Waals surface area contributed by atoms with E-state index >= 15 is 0 Å². The van der Waals surface area contributed by atoms with Crippen LogP contribution >= 0.6 is 0 Å². The van der Waals surface area contributed by atoms with Crippen LogP contribution in [-0.4, -0.2) is 26.0 Å². The minimum Gasteiger partial charge on any atom is -0.465 e. The van der Waals surface area contributed by atoms with Gasteiger partial charge in [0.15, 0.2) is 0 Å². The molecule has 6 nitrogen and oxygen atoms in total. The molecule has 0 N–H and O–H groups in total. The van der Waals surface area contributed by atoms with E-state index in [2.05, 4.69) is 14.2 Å². The molecule has 0 saturated carbocycles. The summed E-state index contributed by atoms with van der Waals surface area (Å²) >= 11 is 0. The van der Waals surface area contributed by atoms with E-state index in [1.807, 2.05) is 0 Å². The number of hydrogen-bond donors (Lipinski definition) is 0. The van der Waals surface area contributed by atoms with Crippen LogP contribution in [0.3, 0.4) is 0 Å². The Morgan fingerprint density at radius 2 is 1.68 bits per heavy atom. The van der Waals surface area contributed by atoms with Crippen molar-refractivity contribution in [3.63, 3.8) is 0 Å². The summed E-state index contributed by atoms with van der Waals surface area (Å²) in [5, 5.41) is 0. The minimum absolute atomic E-state index is 0.0533. The lowest BCUT2D eigenvalue weighted by molar-refractivity contribution is -0.130. The third-order valence-corrected chi connectivity index (χ3v) is 2.58. The first-order chi connectivity index (χ1) is 9.13. The second-order valence-corrected chi connectivity index (χ2v) is 3.74. The van der Waals surface area contributed by atoms with E-state index in [-0.39, 0.29) is 13.2 Å². The number of esters is 1. The zero-order valence-corrected chi connectivity index (χ0v) is 10.7. The first-order valence-electron chi connectivity index (χ1n) is 5.45.